The van der Waals surface area contributed by atoms with E-state index in [1.54, 1.807) is 12.1 Å². The van der Waals surface area contributed by atoms with Crippen molar-refractivity contribution >= 4 is 5.97 Å². The number of aromatic carboxylic acids is 1. The van der Waals surface area contributed by atoms with Crippen molar-refractivity contribution < 1.29 is 14.5 Å². The first kappa shape index (κ1) is 22.2. The summed E-state index contributed by atoms with van der Waals surface area (Å²) in [6.45, 7) is 5.16. The van der Waals surface area contributed by atoms with Gasteiger partial charge >= 0.3 is 0 Å². The fraction of sp³-hybridized carbons (Fsp3) is 0.583. The van der Waals surface area contributed by atoms with Crippen molar-refractivity contribution in [3.05, 3.63) is 53.1 Å². The highest BCUT2D eigenvalue weighted by atomic mass is 16.4. The third-order valence-electron chi connectivity index (χ3n) is 5.64. The van der Waals surface area contributed by atoms with E-state index in [4.69, 9.17) is 0 Å². The van der Waals surface area contributed by atoms with Gasteiger partial charge in [0.2, 0.25) is 0 Å². The summed E-state index contributed by atoms with van der Waals surface area (Å²) in [6, 6.07) is 7.01. The number of rotatable bonds is 13. The molecule has 2 rings (SSSR count). The minimum absolute atomic E-state index is 0.230. The summed E-state index contributed by atoms with van der Waals surface area (Å²) in [4.78, 5) is 10.9. The number of hydrogen-bond acceptors (Lipinski definition) is 2. The van der Waals surface area contributed by atoms with Crippen molar-refractivity contribution in [1.29, 1.82) is 0 Å². The van der Waals surface area contributed by atoms with Crippen LogP contribution in [0.4, 0.5) is 0 Å². The zero-order valence-electron chi connectivity index (χ0n) is 17.9. The Kier molecular flexibility index (Phi) is 9.26. The molecule has 1 aromatic heterocycles. The Labute approximate surface area is 170 Å². The summed E-state index contributed by atoms with van der Waals surface area (Å²) in [5.74, 6) is 0.213. The summed E-state index contributed by atoms with van der Waals surface area (Å²) in [7, 11) is 2.13. The standard InChI is InChI=1S/C24H36N2O2/c1-4-5-6-7-8-9-10-11-12-13-23-25(3)20(2)18-26(23)19-21-14-16-22(17-15-21)24(27)28/h14-18H,4-13,19H2,1-3H3. The van der Waals surface area contributed by atoms with Crippen molar-refractivity contribution in [2.45, 2.75) is 84.6 Å². The Morgan fingerprint density at radius 1 is 0.964 bits per heavy atom. The van der Waals surface area contributed by atoms with Crippen LogP contribution in [-0.4, -0.2) is 10.5 Å². The normalized spacial score (nSPS) is 11.1. The third-order valence-corrected chi connectivity index (χ3v) is 5.64. The molecule has 0 spiro atoms. The predicted molar refractivity (Wildman–Crippen MR) is 111 cm³/mol. The molecule has 2 aromatic rings. The fourth-order valence-electron chi connectivity index (χ4n) is 3.77. The highest BCUT2D eigenvalue weighted by Crippen LogP contribution is 2.12. The van der Waals surface area contributed by atoms with Gasteiger partial charge in [0.05, 0.1) is 13.0 Å². The number of carboxylic acid groups (broad SMARTS) is 1. The number of unbranched alkanes of at least 4 members (excludes halogenated alkanes) is 8. The van der Waals surface area contributed by atoms with E-state index in [9.17, 15) is 9.90 Å². The lowest BCUT2D eigenvalue weighted by Gasteiger charge is -2.06. The average molecular weight is 385 g/mol. The molecule has 0 aliphatic rings. The van der Waals surface area contributed by atoms with E-state index in [0.29, 0.717) is 0 Å². The lowest BCUT2D eigenvalue weighted by atomic mass is 10.1. The van der Waals surface area contributed by atoms with Crippen LogP contribution in [0.3, 0.4) is 0 Å². The van der Waals surface area contributed by atoms with E-state index in [1.165, 1.54) is 69.3 Å². The number of nitrogens with zero attached hydrogens (tertiary/aromatic N) is 2. The minimum atomic E-state index is -1.12. The molecule has 0 aliphatic heterocycles. The molecule has 154 valence electrons. The van der Waals surface area contributed by atoms with Crippen LogP contribution in [0.25, 0.3) is 0 Å². The van der Waals surface area contributed by atoms with E-state index >= 15 is 0 Å². The molecule has 0 fully saturated rings. The molecule has 1 heterocycles. The van der Waals surface area contributed by atoms with Gasteiger partial charge in [0.1, 0.15) is 18.4 Å². The summed E-state index contributed by atoms with van der Waals surface area (Å²) in [5.41, 5.74) is 2.58. The van der Waals surface area contributed by atoms with Crippen molar-refractivity contribution in [3.8, 4) is 0 Å². The van der Waals surface area contributed by atoms with E-state index in [1.807, 2.05) is 12.1 Å². The Balaban J connectivity index is 1.83. The number of carbonyl (C=O) groups excluding carboxylic acids is 1. The van der Waals surface area contributed by atoms with Crippen LogP contribution in [-0.2, 0) is 20.0 Å². The molecule has 0 unspecified atom stereocenters. The van der Waals surface area contributed by atoms with Gasteiger partial charge in [0.25, 0.3) is 5.82 Å². The van der Waals surface area contributed by atoms with Gasteiger partial charge < -0.3 is 9.90 Å². The Morgan fingerprint density at radius 2 is 1.54 bits per heavy atom. The van der Waals surface area contributed by atoms with Crippen LogP contribution in [0.2, 0.25) is 0 Å². The summed E-state index contributed by atoms with van der Waals surface area (Å²) in [5, 5.41) is 10.9. The molecule has 0 bridgehead atoms. The number of aromatic nitrogens is 2. The van der Waals surface area contributed by atoms with Crippen LogP contribution in [0.5, 0.6) is 0 Å². The van der Waals surface area contributed by atoms with Crippen LogP contribution < -0.4 is 9.67 Å². The highest BCUT2D eigenvalue weighted by molar-refractivity contribution is 5.85. The first-order chi connectivity index (χ1) is 13.5. The van der Waals surface area contributed by atoms with Crippen molar-refractivity contribution in [2.75, 3.05) is 0 Å². The smallest absolute Gasteiger partial charge is 0.256 e. The second-order valence-corrected chi connectivity index (χ2v) is 7.94. The lowest BCUT2D eigenvalue weighted by molar-refractivity contribution is -0.695. The first-order valence-electron chi connectivity index (χ1n) is 10.9. The van der Waals surface area contributed by atoms with Crippen LogP contribution in [0.1, 0.15) is 92.2 Å². The second-order valence-electron chi connectivity index (χ2n) is 7.94. The largest absolute Gasteiger partial charge is 0.545 e. The molecular formula is C24H36N2O2. The molecule has 0 N–H and O–H groups in total. The quantitative estimate of drug-likeness (QED) is 0.385. The molecule has 28 heavy (non-hydrogen) atoms. The molecule has 1 aromatic carbocycles. The lowest BCUT2D eigenvalue weighted by Crippen LogP contribution is -2.37. The van der Waals surface area contributed by atoms with Crippen molar-refractivity contribution in [1.82, 2.24) is 4.57 Å². The Morgan fingerprint density at radius 3 is 2.11 bits per heavy atom. The number of aryl methyl sites for hydroxylation is 1. The molecule has 0 radical (unpaired) electrons. The van der Waals surface area contributed by atoms with Gasteiger partial charge in [0, 0.05) is 13.3 Å². The SMILES string of the molecule is CCCCCCCCCCCc1n(C)c(C)c[n+]1Cc1ccc(C(=O)[O-])cc1. The van der Waals surface area contributed by atoms with Gasteiger partial charge in [-0.25, -0.2) is 9.13 Å². The number of imidazole rings is 1. The molecule has 4 heteroatoms. The summed E-state index contributed by atoms with van der Waals surface area (Å²) in [6.07, 6.45) is 15.3. The van der Waals surface area contributed by atoms with Gasteiger partial charge in [-0.3, -0.25) is 0 Å². The second kappa shape index (κ2) is 11.7. The molecular weight excluding hydrogens is 348 g/mol. The van der Waals surface area contributed by atoms with Gasteiger partial charge in [-0.15, -0.1) is 0 Å². The minimum Gasteiger partial charge on any atom is -0.545 e. The monoisotopic (exact) mass is 384 g/mol. The van der Waals surface area contributed by atoms with E-state index < -0.39 is 5.97 Å². The van der Waals surface area contributed by atoms with Gasteiger partial charge in [-0.2, -0.15) is 0 Å². The summed E-state index contributed by atoms with van der Waals surface area (Å²) >= 11 is 0. The molecule has 0 atom stereocenters. The van der Waals surface area contributed by atoms with Gasteiger partial charge in [0.15, 0.2) is 0 Å². The fourth-order valence-corrected chi connectivity index (χ4v) is 3.77. The van der Waals surface area contributed by atoms with Crippen LogP contribution in [0.15, 0.2) is 30.5 Å². The number of hydrogen-bond donors (Lipinski definition) is 0. The number of benzene rings is 1. The molecule has 0 saturated heterocycles. The van der Waals surface area contributed by atoms with Crippen LogP contribution >= 0.6 is 0 Å². The Hall–Kier alpha value is -2.10. The Bertz CT molecular complexity index is 732. The first-order valence-corrected chi connectivity index (χ1v) is 10.9. The summed E-state index contributed by atoms with van der Waals surface area (Å²) < 4.78 is 4.58. The highest BCUT2D eigenvalue weighted by Gasteiger charge is 2.18. The topological polar surface area (TPSA) is 48.9 Å². The van der Waals surface area contributed by atoms with Gasteiger partial charge in [-0.05, 0) is 17.5 Å². The van der Waals surface area contributed by atoms with E-state index in [2.05, 4.69) is 36.2 Å². The van der Waals surface area contributed by atoms with Crippen LogP contribution in [0, 0.1) is 6.92 Å². The molecule has 0 aliphatic carbocycles. The maximum Gasteiger partial charge on any atom is 0.256 e. The molecule has 4 nitrogen and oxygen atoms in total. The third kappa shape index (κ3) is 6.81. The molecule has 0 saturated carbocycles. The van der Waals surface area contributed by atoms with Crippen molar-refractivity contribution in [3.63, 3.8) is 0 Å². The van der Waals surface area contributed by atoms with Crippen molar-refractivity contribution in [2.24, 2.45) is 7.05 Å². The maximum absolute atomic E-state index is 10.9. The maximum atomic E-state index is 10.9. The van der Waals surface area contributed by atoms with Gasteiger partial charge in [-0.1, -0.05) is 82.6 Å². The molecule has 0 amide bonds. The zero-order valence-corrected chi connectivity index (χ0v) is 17.9. The number of carbonyl (C=O) groups is 1. The zero-order chi connectivity index (χ0) is 20.4. The van der Waals surface area contributed by atoms with E-state index in [0.717, 1.165) is 18.5 Å². The number of carboxylic acids is 1. The average Bonchev–Trinajstić information content (AvgIpc) is 2.94. The predicted octanol–water partition coefficient (Wildman–Crippen LogP) is 4.11. The van der Waals surface area contributed by atoms with E-state index in [-0.39, 0.29) is 5.56 Å².